The van der Waals surface area contributed by atoms with Gasteiger partial charge < -0.3 is 55.7 Å². The van der Waals surface area contributed by atoms with Crippen molar-refractivity contribution in [3.05, 3.63) is 53.3 Å². The Morgan fingerprint density at radius 3 is 2.37 bits per heavy atom. The van der Waals surface area contributed by atoms with Gasteiger partial charge in [0.1, 0.15) is 17.6 Å². The van der Waals surface area contributed by atoms with Gasteiger partial charge >= 0.3 is 11.8 Å². The minimum absolute atomic E-state index is 0.0479. The summed E-state index contributed by atoms with van der Waals surface area (Å²) in [5.74, 6) is -7.65. The molecule has 3 heterocycles. The molecule has 3 aliphatic rings. The van der Waals surface area contributed by atoms with Gasteiger partial charge in [0.25, 0.3) is 11.7 Å². The number of amides is 1. The largest absolute Gasteiger partial charge is 0.507 e. The monoisotopic (exact) mass is 822 g/mol. The predicted molar refractivity (Wildman–Crippen MR) is 222 cm³/mol. The summed E-state index contributed by atoms with van der Waals surface area (Å²) in [4.78, 5) is 44.5. The molecule has 0 fully saturated rings. The van der Waals surface area contributed by atoms with Crippen LogP contribution in [0, 0.1) is 30.6 Å². The maximum atomic E-state index is 14.5. The Hall–Kier alpha value is -5.36. The Balaban J connectivity index is 1.95. The van der Waals surface area contributed by atoms with Crippen molar-refractivity contribution in [2.45, 2.75) is 92.0 Å². The molecule has 5 bridgehead atoms. The fourth-order valence-electron chi connectivity index (χ4n) is 7.32. The number of aliphatic hydroxyl groups excluding tert-OH is 2. The summed E-state index contributed by atoms with van der Waals surface area (Å²) in [6, 6.07) is 1.28. The molecule has 17 heteroatoms. The molecule has 0 radical (unpaired) electrons. The van der Waals surface area contributed by atoms with Crippen LogP contribution in [0.3, 0.4) is 0 Å². The molecule has 0 aromatic heterocycles. The molecule has 2 aromatic carbocycles. The number of allylic oxidation sites excluding steroid dienone is 2. The number of ketones is 1. The molecule has 0 saturated heterocycles. The second-order valence-corrected chi connectivity index (χ2v) is 15.3. The van der Waals surface area contributed by atoms with Crippen LogP contribution in [0.5, 0.6) is 17.2 Å². The number of carbonyl (C=O) groups excluding carboxylic acids is 3. The van der Waals surface area contributed by atoms with Crippen LogP contribution in [-0.2, 0) is 23.8 Å². The topological polar surface area (TPSA) is 256 Å². The third-order valence-electron chi connectivity index (χ3n) is 11.0. The number of aromatic hydroxyl groups is 2. The molecule has 2 aromatic rings. The summed E-state index contributed by atoms with van der Waals surface area (Å²) in [5, 5.41) is 59.8. The molecule has 9 atom stereocenters. The third kappa shape index (κ3) is 10.1. The number of phenolic OH excluding ortho intramolecular Hbond substituents is 2. The van der Waals surface area contributed by atoms with E-state index in [1.165, 1.54) is 59.3 Å². The quantitative estimate of drug-likeness (QED) is 0.0482. The highest BCUT2D eigenvalue weighted by Crippen LogP contribution is 2.54. The fraction of sp³-hybridized carbons (Fsp3) is 0.524. The van der Waals surface area contributed by atoms with Gasteiger partial charge in [-0.3, -0.25) is 19.4 Å². The van der Waals surface area contributed by atoms with E-state index < -0.39 is 83.0 Å². The highest BCUT2D eigenvalue weighted by Gasteiger charge is 2.49. The lowest BCUT2D eigenvalue weighted by molar-refractivity contribution is -0.160. The van der Waals surface area contributed by atoms with E-state index in [2.05, 4.69) is 25.9 Å². The molecule has 9 unspecified atom stereocenters. The summed E-state index contributed by atoms with van der Waals surface area (Å²) in [6.07, 6.45) is 4.30. The maximum absolute atomic E-state index is 14.5. The van der Waals surface area contributed by atoms with Crippen molar-refractivity contribution in [3.8, 4) is 17.2 Å². The number of azo groups is 1. The molecule has 8 N–H and O–H groups in total. The predicted octanol–water partition coefficient (Wildman–Crippen LogP) is 5.06. The number of hydrogen-bond acceptors (Lipinski definition) is 14. The van der Waals surface area contributed by atoms with Crippen LogP contribution in [0.2, 0.25) is 0 Å². The highest BCUT2D eigenvalue weighted by atomic mass is 16.7. The number of aliphatic imine (C=N–C) groups is 1. The fourth-order valence-corrected chi connectivity index (χ4v) is 7.32. The number of esters is 1. The zero-order valence-corrected chi connectivity index (χ0v) is 35.3. The summed E-state index contributed by atoms with van der Waals surface area (Å²) in [5.41, 5.74) is 6.01. The van der Waals surface area contributed by atoms with Gasteiger partial charge in [-0.15, -0.1) is 10.2 Å². The smallest absolute Gasteiger partial charge is 0.312 e. The van der Waals surface area contributed by atoms with E-state index in [1.807, 2.05) is 0 Å². The van der Waals surface area contributed by atoms with Crippen LogP contribution < -0.4 is 21.1 Å². The van der Waals surface area contributed by atoms with Gasteiger partial charge in [-0.25, -0.2) is 0 Å². The number of fused-ring (bicyclic) bond motifs is 14. The van der Waals surface area contributed by atoms with Gasteiger partial charge in [-0.1, -0.05) is 45.9 Å². The van der Waals surface area contributed by atoms with Crippen molar-refractivity contribution in [1.29, 1.82) is 0 Å². The van der Waals surface area contributed by atoms with E-state index in [-0.39, 0.29) is 50.6 Å². The Morgan fingerprint density at radius 2 is 1.73 bits per heavy atom. The van der Waals surface area contributed by atoms with Crippen LogP contribution in [0.1, 0.15) is 70.8 Å². The molecule has 1 amide bonds. The normalized spacial score (nSPS) is 29.9. The van der Waals surface area contributed by atoms with Crippen molar-refractivity contribution in [3.63, 3.8) is 0 Å². The number of benzene rings is 2. The highest BCUT2D eigenvalue weighted by molar-refractivity contribution is 6.22. The lowest BCUT2D eigenvalue weighted by Crippen LogP contribution is -2.46. The second-order valence-electron chi connectivity index (χ2n) is 15.3. The molecule has 59 heavy (non-hydrogen) atoms. The number of carbonyl (C=O) groups is 3. The summed E-state index contributed by atoms with van der Waals surface area (Å²) in [7, 11) is 3.25. The molecule has 322 valence electrons. The number of Topliss-reactive ketones (excluding diaryl/α,β-unsaturated/α-hetero) is 1. The number of anilines is 1. The number of guanidine groups is 1. The molecule has 0 aliphatic carbocycles. The number of nitrogens with one attached hydrogen (secondary N) is 2. The molecular weight excluding hydrogens is 764 g/mol. The van der Waals surface area contributed by atoms with E-state index in [1.54, 1.807) is 46.9 Å². The molecule has 17 nitrogen and oxygen atoms in total. The minimum Gasteiger partial charge on any atom is -0.507 e. The summed E-state index contributed by atoms with van der Waals surface area (Å²) in [6.45, 7) is 13.6. The van der Waals surface area contributed by atoms with Crippen LogP contribution in [0.15, 0.2) is 57.4 Å². The van der Waals surface area contributed by atoms with Crippen molar-refractivity contribution < 1.29 is 53.8 Å². The standard InChI is InChI=1S/C42H58N6O11/c1-20-13-11-14-21(2)40(55)46-28-19-27(47-48-41(43)45-17-12-16-44-9)30-31(36(28)53)35(52)25(6)38-32(30)39(54)42(8,59-38)57-18-15-29(56-10)22(3)37(58-26(7)49)24(5)34(51)23(4)33(20)50/h11,13-15,18-20,22-24,29,33-34,37,44,50-53H,12,16-17H2,1-10H3,(H2,43,45)(H,46,55)/b13-11-,18-15?,21-14-,48-47?. The number of aliphatic hydroxyl groups is 2. The zero-order chi connectivity index (χ0) is 43.9. The molecular formula is C42H58N6O11. The molecule has 5 rings (SSSR count). The number of nitrogens with zero attached hydrogens (tertiary/aromatic N) is 3. The SMILES string of the molecule is CNCCCN=C(N)N=Nc1cc2c(O)c3c(O)c(C)c4c(c13)C(=O)C(C)(OC=CC(OC)C(C)C(OC(C)=O)C(C)C(O)C(C)C(O)C(C)/C=C\C=C(\C)C(=O)N2)O4. The van der Waals surface area contributed by atoms with Crippen molar-refractivity contribution >= 4 is 45.8 Å². The first-order valence-corrected chi connectivity index (χ1v) is 19.5. The van der Waals surface area contributed by atoms with Gasteiger partial charge in [-0.05, 0) is 46.0 Å². The van der Waals surface area contributed by atoms with E-state index in [0.717, 1.165) is 0 Å². The van der Waals surface area contributed by atoms with Gasteiger partial charge in [0.05, 0.1) is 46.9 Å². The number of ether oxygens (including phenoxy) is 4. The Kier molecular flexibility index (Phi) is 15.4. The first-order chi connectivity index (χ1) is 27.8. The maximum Gasteiger partial charge on any atom is 0.312 e. The van der Waals surface area contributed by atoms with Gasteiger partial charge in [0.15, 0.2) is 5.75 Å². The lowest BCUT2D eigenvalue weighted by atomic mass is 9.78. The minimum atomic E-state index is -2.01. The van der Waals surface area contributed by atoms with Gasteiger partial charge in [0, 0.05) is 67.7 Å². The number of rotatable bonds is 7. The number of hydrogen-bond donors (Lipinski definition) is 7. The lowest BCUT2D eigenvalue weighted by Gasteiger charge is -2.38. The van der Waals surface area contributed by atoms with E-state index in [9.17, 15) is 34.8 Å². The Morgan fingerprint density at radius 1 is 1.03 bits per heavy atom. The van der Waals surface area contributed by atoms with Crippen molar-refractivity contribution in [1.82, 2.24) is 5.32 Å². The third-order valence-corrected chi connectivity index (χ3v) is 11.0. The average Bonchev–Trinajstić information content (AvgIpc) is 3.46. The first-order valence-electron chi connectivity index (χ1n) is 19.5. The van der Waals surface area contributed by atoms with Gasteiger partial charge in [0.2, 0.25) is 5.96 Å². The second kappa shape index (κ2) is 19.6. The number of phenols is 2. The molecule has 0 spiro atoms. The summed E-state index contributed by atoms with van der Waals surface area (Å²) < 4.78 is 23.6. The first kappa shape index (κ1) is 46.3. The molecule has 0 saturated carbocycles. The van der Waals surface area contributed by atoms with Crippen LogP contribution in [-0.4, -0.2) is 101 Å². The van der Waals surface area contributed by atoms with E-state index in [0.29, 0.717) is 19.5 Å². The number of nitrogens with two attached hydrogens (primary N) is 1. The number of methoxy groups -OCH3 is 1. The van der Waals surface area contributed by atoms with Crippen molar-refractivity contribution in [2.75, 3.05) is 32.6 Å². The Labute approximate surface area is 344 Å². The zero-order valence-electron chi connectivity index (χ0n) is 35.3. The van der Waals surface area contributed by atoms with Crippen LogP contribution in [0.25, 0.3) is 10.8 Å². The average molecular weight is 823 g/mol. The van der Waals surface area contributed by atoms with E-state index in [4.69, 9.17) is 24.7 Å². The Bertz CT molecular complexity index is 2060. The summed E-state index contributed by atoms with van der Waals surface area (Å²) >= 11 is 0. The molecule has 3 aliphatic heterocycles. The van der Waals surface area contributed by atoms with Crippen molar-refractivity contribution in [2.24, 2.45) is 44.6 Å². The van der Waals surface area contributed by atoms with Crippen LogP contribution >= 0.6 is 0 Å². The van der Waals surface area contributed by atoms with Crippen LogP contribution in [0.4, 0.5) is 11.4 Å². The van der Waals surface area contributed by atoms with Gasteiger partial charge in [-0.2, -0.15) is 0 Å². The van der Waals surface area contributed by atoms with E-state index >= 15 is 0 Å².